The fourth-order valence-electron chi connectivity index (χ4n) is 1.63. The Labute approximate surface area is 130 Å². The molecule has 6 heteroatoms. The molecule has 0 radical (unpaired) electrons. The van der Waals surface area contributed by atoms with Crippen LogP contribution in [-0.2, 0) is 4.79 Å². The number of hydrogen-bond donors (Lipinski definition) is 2. The summed E-state index contributed by atoms with van der Waals surface area (Å²) in [6.07, 6.45) is 0. The molecule has 0 unspecified atom stereocenters. The van der Waals surface area contributed by atoms with Gasteiger partial charge in [-0.1, -0.05) is 41.6 Å². The Kier molecular flexibility index (Phi) is 7.12. The van der Waals surface area contributed by atoms with Gasteiger partial charge < -0.3 is 5.11 Å². The molecule has 0 saturated carbocycles. The molecule has 0 heterocycles. The van der Waals surface area contributed by atoms with E-state index in [1.807, 2.05) is 68.6 Å². The highest BCUT2D eigenvalue weighted by Crippen LogP contribution is 2.18. The predicted octanol–water partition coefficient (Wildman–Crippen LogP) is 3.92. The average Bonchev–Trinajstić information content (AvgIpc) is 2.48. The van der Waals surface area contributed by atoms with E-state index < -0.39 is 5.97 Å². The van der Waals surface area contributed by atoms with Crippen molar-refractivity contribution in [2.24, 2.45) is 10.4 Å². The summed E-state index contributed by atoms with van der Waals surface area (Å²) < 4.78 is 0. The van der Waals surface area contributed by atoms with Crippen LogP contribution in [0.3, 0.4) is 0 Å². The molecule has 0 aliphatic carbocycles. The van der Waals surface area contributed by atoms with Crippen LogP contribution in [-0.4, -0.2) is 18.1 Å². The van der Waals surface area contributed by atoms with Crippen LogP contribution in [0, 0.1) is 6.92 Å². The number of benzene rings is 2. The molecule has 2 aromatic rings. The number of para-hydroxylation sites is 2. The summed E-state index contributed by atoms with van der Waals surface area (Å²) >= 11 is 0. The number of carbonyl (C=O) groups is 1. The fourth-order valence-corrected chi connectivity index (χ4v) is 1.63. The zero-order valence-corrected chi connectivity index (χ0v) is 12.9. The summed E-state index contributed by atoms with van der Waals surface area (Å²) in [5.74, 6) is -0.833. The standard InChI is InChI=1S/C14H16N4.C2H4O2/c1-12-8-6-7-11-14(12)18(2)17-16-15-13-9-4-3-5-10-13;1-2(3)4/h3-11H,1-2H3,(H,15,17);1H3,(H,3,4). The van der Waals surface area contributed by atoms with Gasteiger partial charge in [-0.25, -0.2) is 5.01 Å². The molecule has 0 aromatic heterocycles. The van der Waals surface area contributed by atoms with Gasteiger partial charge in [-0.15, -0.1) is 0 Å². The van der Waals surface area contributed by atoms with Gasteiger partial charge in [0.2, 0.25) is 0 Å². The van der Waals surface area contributed by atoms with Crippen LogP contribution in [0.2, 0.25) is 0 Å². The fraction of sp³-hybridized carbons (Fsp3) is 0.188. The minimum Gasteiger partial charge on any atom is -0.481 e. The Bertz CT molecular complexity index is 611. The van der Waals surface area contributed by atoms with E-state index in [9.17, 15) is 0 Å². The van der Waals surface area contributed by atoms with Crippen molar-refractivity contribution in [2.45, 2.75) is 13.8 Å². The van der Waals surface area contributed by atoms with Gasteiger partial charge in [-0.3, -0.25) is 10.2 Å². The molecule has 22 heavy (non-hydrogen) atoms. The summed E-state index contributed by atoms with van der Waals surface area (Å²) in [6, 6.07) is 17.8. The third-order valence-electron chi connectivity index (χ3n) is 2.60. The molecule has 6 nitrogen and oxygen atoms in total. The van der Waals surface area contributed by atoms with E-state index in [-0.39, 0.29) is 0 Å². The van der Waals surface area contributed by atoms with E-state index in [0.29, 0.717) is 0 Å². The van der Waals surface area contributed by atoms with Crippen molar-refractivity contribution in [2.75, 3.05) is 17.5 Å². The summed E-state index contributed by atoms with van der Waals surface area (Å²) in [4.78, 5) is 9.00. The molecule has 0 aliphatic rings. The van der Waals surface area contributed by atoms with Crippen molar-refractivity contribution < 1.29 is 9.90 Å². The van der Waals surface area contributed by atoms with Crippen LogP contribution in [0.25, 0.3) is 0 Å². The number of anilines is 2. The van der Waals surface area contributed by atoms with Crippen molar-refractivity contribution in [3.05, 3.63) is 60.2 Å². The number of aliphatic carboxylic acids is 1. The monoisotopic (exact) mass is 300 g/mol. The quantitative estimate of drug-likeness (QED) is 0.662. The maximum Gasteiger partial charge on any atom is 0.300 e. The smallest absolute Gasteiger partial charge is 0.300 e. The molecule has 0 spiro atoms. The third-order valence-corrected chi connectivity index (χ3v) is 2.60. The molecular formula is C16H20N4O2. The molecule has 0 aliphatic heterocycles. The number of nitrogens with zero attached hydrogens (tertiary/aromatic N) is 3. The largest absolute Gasteiger partial charge is 0.481 e. The van der Waals surface area contributed by atoms with Crippen molar-refractivity contribution in [3.63, 3.8) is 0 Å². The van der Waals surface area contributed by atoms with Crippen molar-refractivity contribution in [1.82, 2.24) is 0 Å². The first-order valence-electron chi connectivity index (χ1n) is 6.71. The molecule has 0 saturated heterocycles. The SMILES string of the molecule is CC(=O)O.Cc1ccccc1N(C)N=NNc1ccccc1. The minimum atomic E-state index is -0.833. The molecule has 0 atom stereocenters. The molecule has 0 fully saturated rings. The highest BCUT2D eigenvalue weighted by molar-refractivity contribution is 5.63. The highest BCUT2D eigenvalue weighted by atomic mass is 16.4. The Balaban J connectivity index is 0.000000541. The van der Waals surface area contributed by atoms with Gasteiger partial charge in [-0.2, -0.15) is 0 Å². The second-order valence-corrected chi connectivity index (χ2v) is 4.50. The molecule has 0 amide bonds. The van der Waals surface area contributed by atoms with Gasteiger partial charge in [0.25, 0.3) is 5.97 Å². The Morgan fingerprint density at radius 1 is 1.09 bits per heavy atom. The number of hydrogen-bond acceptors (Lipinski definition) is 3. The van der Waals surface area contributed by atoms with E-state index in [2.05, 4.69) is 15.9 Å². The Hall–Kier alpha value is -2.89. The maximum absolute atomic E-state index is 9.00. The lowest BCUT2D eigenvalue weighted by molar-refractivity contribution is -0.134. The second kappa shape index (κ2) is 9.12. The average molecular weight is 300 g/mol. The van der Waals surface area contributed by atoms with E-state index >= 15 is 0 Å². The van der Waals surface area contributed by atoms with Gasteiger partial charge in [0, 0.05) is 14.0 Å². The first-order chi connectivity index (χ1) is 10.5. The first-order valence-corrected chi connectivity index (χ1v) is 6.71. The van der Waals surface area contributed by atoms with Crippen molar-refractivity contribution >= 4 is 17.3 Å². The molecule has 2 rings (SSSR count). The Morgan fingerprint density at radius 2 is 1.64 bits per heavy atom. The summed E-state index contributed by atoms with van der Waals surface area (Å²) in [6.45, 7) is 3.13. The second-order valence-electron chi connectivity index (χ2n) is 4.50. The van der Waals surface area contributed by atoms with Gasteiger partial charge in [0.15, 0.2) is 0 Å². The molecule has 2 aromatic carbocycles. The van der Waals surface area contributed by atoms with Crippen LogP contribution in [0.1, 0.15) is 12.5 Å². The van der Waals surface area contributed by atoms with E-state index in [4.69, 9.17) is 9.90 Å². The van der Waals surface area contributed by atoms with Crippen LogP contribution < -0.4 is 10.4 Å². The minimum absolute atomic E-state index is 0.833. The molecule has 2 N–H and O–H groups in total. The number of rotatable bonds is 4. The van der Waals surface area contributed by atoms with Gasteiger partial charge in [-0.05, 0) is 35.9 Å². The van der Waals surface area contributed by atoms with E-state index in [1.165, 1.54) is 5.56 Å². The number of nitrogens with one attached hydrogen (secondary N) is 1. The summed E-state index contributed by atoms with van der Waals surface area (Å²) in [7, 11) is 1.87. The van der Waals surface area contributed by atoms with Crippen molar-refractivity contribution in [1.29, 1.82) is 0 Å². The normalized spacial score (nSPS) is 9.77. The molecule has 0 bridgehead atoms. The number of carboxylic acids is 1. The molecular weight excluding hydrogens is 280 g/mol. The summed E-state index contributed by atoms with van der Waals surface area (Å²) in [5, 5.41) is 17.2. The van der Waals surface area contributed by atoms with Crippen LogP contribution >= 0.6 is 0 Å². The predicted molar refractivity (Wildman–Crippen MR) is 87.8 cm³/mol. The number of aryl methyl sites for hydroxylation is 1. The third kappa shape index (κ3) is 6.51. The maximum atomic E-state index is 9.00. The van der Waals surface area contributed by atoms with Crippen LogP contribution in [0.4, 0.5) is 11.4 Å². The highest BCUT2D eigenvalue weighted by Gasteiger charge is 2.01. The topological polar surface area (TPSA) is 77.3 Å². The number of carboxylic acid groups (broad SMARTS) is 1. The molecule has 116 valence electrons. The lowest BCUT2D eigenvalue weighted by atomic mass is 10.2. The lowest BCUT2D eigenvalue weighted by Crippen LogP contribution is -2.09. The van der Waals surface area contributed by atoms with E-state index in [0.717, 1.165) is 18.3 Å². The van der Waals surface area contributed by atoms with Gasteiger partial charge in [0.1, 0.15) is 0 Å². The first kappa shape index (κ1) is 17.2. The lowest BCUT2D eigenvalue weighted by Gasteiger charge is -2.13. The van der Waals surface area contributed by atoms with Gasteiger partial charge in [0.05, 0.1) is 11.4 Å². The van der Waals surface area contributed by atoms with Gasteiger partial charge >= 0.3 is 0 Å². The Morgan fingerprint density at radius 3 is 2.23 bits per heavy atom. The zero-order valence-electron chi connectivity index (χ0n) is 12.9. The van der Waals surface area contributed by atoms with Crippen molar-refractivity contribution in [3.8, 4) is 0 Å². The van der Waals surface area contributed by atoms with Crippen LogP contribution in [0.15, 0.2) is 65.0 Å². The van der Waals surface area contributed by atoms with Crippen LogP contribution in [0.5, 0.6) is 0 Å². The van der Waals surface area contributed by atoms with E-state index in [1.54, 1.807) is 5.01 Å². The summed E-state index contributed by atoms with van der Waals surface area (Å²) in [5.41, 5.74) is 6.00. The zero-order chi connectivity index (χ0) is 16.4.